The average molecular weight is 593 g/mol. The highest BCUT2D eigenvalue weighted by Crippen LogP contribution is 2.60. The highest BCUT2D eigenvalue weighted by molar-refractivity contribution is 5.85. The Balaban J connectivity index is 0.000000506. The Morgan fingerprint density at radius 1 is 1.10 bits per heavy atom. The van der Waals surface area contributed by atoms with Crippen molar-refractivity contribution in [2.45, 2.75) is 84.1 Å². The first-order valence-corrected chi connectivity index (χ1v) is 15.2. The van der Waals surface area contributed by atoms with Gasteiger partial charge in [0.1, 0.15) is 5.75 Å². The molecule has 4 bridgehead atoms. The van der Waals surface area contributed by atoms with Crippen LogP contribution in [-0.2, 0) is 20.7 Å². The number of nitrogens with zero attached hydrogens (tertiary/aromatic N) is 1. The molecule has 0 unspecified atom stereocenters. The van der Waals surface area contributed by atoms with E-state index in [1.54, 1.807) is 6.92 Å². The average Bonchev–Trinajstić information content (AvgIpc) is 2.91. The first-order chi connectivity index (χ1) is 19.3. The van der Waals surface area contributed by atoms with Gasteiger partial charge in [0.25, 0.3) is 0 Å². The van der Waals surface area contributed by atoms with Crippen LogP contribution >= 0.6 is 12.4 Å². The molecule has 230 valence electrons. The van der Waals surface area contributed by atoms with Gasteiger partial charge in [-0.3, -0.25) is 9.79 Å². The fraction of sp³-hybridized carbons (Fsp3) is 0.710. The predicted molar refractivity (Wildman–Crippen MR) is 162 cm³/mol. The lowest BCUT2D eigenvalue weighted by Crippen LogP contribution is -2.49. The molecular formula is C31H49ClN4O5. The first kappa shape index (κ1) is 32.8. The summed E-state index contributed by atoms with van der Waals surface area (Å²) in [4.78, 5) is 27.7. The third kappa shape index (κ3) is 10.6. The molecule has 0 radical (unpaired) electrons. The molecule has 1 aliphatic heterocycles. The molecule has 1 atom stereocenters. The number of esters is 1. The van der Waals surface area contributed by atoms with E-state index in [4.69, 9.17) is 19.9 Å². The van der Waals surface area contributed by atoms with Gasteiger partial charge in [0, 0.05) is 31.0 Å². The van der Waals surface area contributed by atoms with Crippen molar-refractivity contribution in [1.82, 2.24) is 10.6 Å². The van der Waals surface area contributed by atoms with E-state index in [-0.39, 0.29) is 35.9 Å². The summed E-state index contributed by atoms with van der Waals surface area (Å²) in [5, 5.41) is 5.91. The molecule has 4 saturated carbocycles. The quantitative estimate of drug-likeness (QED) is 0.244. The normalized spacial score (nSPS) is 26.2. The van der Waals surface area contributed by atoms with E-state index in [0.29, 0.717) is 38.6 Å². The lowest BCUT2D eigenvalue weighted by molar-refractivity contribution is -0.143. The van der Waals surface area contributed by atoms with Crippen molar-refractivity contribution in [2.24, 2.45) is 33.9 Å². The summed E-state index contributed by atoms with van der Waals surface area (Å²) in [6.45, 7) is 7.15. The van der Waals surface area contributed by atoms with Gasteiger partial charge in [-0.1, -0.05) is 12.1 Å². The first-order valence-electron chi connectivity index (χ1n) is 15.2. The number of hydrogen-bond donors (Lipinski definition) is 3. The van der Waals surface area contributed by atoms with Crippen LogP contribution in [0.25, 0.3) is 0 Å². The Morgan fingerprint density at radius 2 is 1.76 bits per heavy atom. The molecule has 4 aliphatic carbocycles. The molecule has 1 aromatic rings. The van der Waals surface area contributed by atoms with Crippen LogP contribution < -0.4 is 21.1 Å². The maximum absolute atomic E-state index is 12.4. The van der Waals surface area contributed by atoms with Crippen LogP contribution in [0.1, 0.15) is 77.2 Å². The molecule has 1 amide bonds. The number of nitrogens with two attached hydrogens (primary N) is 1. The Bertz CT molecular complexity index is 967. The van der Waals surface area contributed by atoms with Gasteiger partial charge in [0.2, 0.25) is 0 Å². The van der Waals surface area contributed by atoms with E-state index in [9.17, 15) is 9.59 Å². The van der Waals surface area contributed by atoms with E-state index < -0.39 is 0 Å². The number of hydrogen-bond acceptors (Lipinski definition) is 8. The molecule has 4 N–H and O–H groups in total. The van der Waals surface area contributed by atoms with Crippen molar-refractivity contribution in [3.63, 3.8) is 0 Å². The minimum Gasteiger partial charge on any atom is -0.494 e. The van der Waals surface area contributed by atoms with Crippen LogP contribution in [0.5, 0.6) is 5.75 Å². The number of aliphatic imine (C=N–C) groups is 1. The van der Waals surface area contributed by atoms with Gasteiger partial charge in [-0.2, -0.15) is 0 Å². The summed E-state index contributed by atoms with van der Waals surface area (Å²) >= 11 is 0. The molecule has 6 rings (SSSR count). The zero-order chi connectivity index (χ0) is 28.4. The number of carbonyl (C=O) groups is 2. The largest absolute Gasteiger partial charge is 0.494 e. The molecule has 10 heteroatoms. The molecule has 5 aliphatic rings. The van der Waals surface area contributed by atoms with Crippen molar-refractivity contribution in [3.05, 3.63) is 29.8 Å². The van der Waals surface area contributed by atoms with Crippen molar-refractivity contribution in [3.8, 4) is 5.75 Å². The topological polar surface area (TPSA) is 124 Å². The maximum atomic E-state index is 12.4. The van der Waals surface area contributed by atoms with Crippen molar-refractivity contribution >= 4 is 30.4 Å². The summed E-state index contributed by atoms with van der Waals surface area (Å²) < 4.78 is 16.3. The summed E-state index contributed by atoms with van der Waals surface area (Å²) in [5.41, 5.74) is 6.65. The van der Waals surface area contributed by atoms with Gasteiger partial charge < -0.3 is 30.6 Å². The van der Waals surface area contributed by atoms with E-state index in [0.717, 1.165) is 55.0 Å². The summed E-state index contributed by atoms with van der Waals surface area (Å²) in [5.74, 6) is 3.78. The Kier molecular flexibility index (Phi) is 12.9. The van der Waals surface area contributed by atoms with E-state index in [1.807, 2.05) is 31.2 Å². The van der Waals surface area contributed by atoms with Crippen LogP contribution in [0.3, 0.4) is 0 Å². The number of nitrogens with one attached hydrogen (secondary N) is 2. The number of carbonyl (C=O) groups excluding carboxylic acids is 2. The molecule has 0 saturated heterocycles. The molecule has 1 aromatic carbocycles. The summed E-state index contributed by atoms with van der Waals surface area (Å²) in [6, 6.07) is 7.87. The van der Waals surface area contributed by atoms with Gasteiger partial charge in [0.15, 0.2) is 5.96 Å². The third-order valence-electron chi connectivity index (χ3n) is 8.53. The summed E-state index contributed by atoms with van der Waals surface area (Å²) in [7, 11) is 0. The molecular weight excluding hydrogens is 544 g/mol. The second-order valence-corrected chi connectivity index (χ2v) is 12.2. The van der Waals surface area contributed by atoms with Crippen LogP contribution in [0.4, 0.5) is 4.79 Å². The van der Waals surface area contributed by atoms with E-state index in [1.165, 1.54) is 38.5 Å². The lowest BCUT2D eigenvalue weighted by Gasteiger charge is -2.56. The van der Waals surface area contributed by atoms with Crippen LogP contribution in [-0.4, -0.2) is 57.0 Å². The van der Waals surface area contributed by atoms with Gasteiger partial charge in [0.05, 0.1) is 19.8 Å². The van der Waals surface area contributed by atoms with Crippen molar-refractivity contribution in [1.29, 1.82) is 0 Å². The Hall–Kier alpha value is -2.68. The monoisotopic (exact) mass is 592 g/mol. The van der Waals surface area contributed by atoms with E-state index >= 15 is 0 Å². The second kappa shape index (κ2) is 16.1. The molecule has 41 heavy (non-hydrogen) atoms. The zero-order valence-corrected chi connectivity index (χ0v) is 25.5. The molecule has 0 spiro atoms. The lowest BCUT2D eigenvalue weighted by atomic mass is 9.50. The maximum Gasteiger partial charge on any atom is 0.407 e. The van der Waals surface area contributed by atoms with Gasteiger partial charge in [-0.05, 0) is 107 Å². The predicted octanol–water partition coefficient (Wildman–Crippen LogP) is 5.00. The number of benzene rings is 1. The zero-order valence-electron chi connectivity index (χ0n) is 24.7. The number of halogens is 1. The standard InChI is InChI=1S/C27H39NO5.C4H9N3.ClH/c1-3-31-25(29)5-4-10-32-24-8-6-20(7-9-24)11-19(2)28-26(30)33-18-27-15-21-12-22(16-27)14-23(13-21)17-27;5-4-6-2-1-3-7-4;/h6-9,19,21-23H,3-5,10-18H2,1-2H3,(H,28,30);1-3H2,(H3,5,6,7);1H/t19-,21?,22?,23?,27?;;/m1../s1. The van der Waals surface area contributed by atoms with Gasteiger partial charge in [-0.25, -0.2) is 4.79 Å². The van der Waals surface area contributed by atoms with Crippen molar-refractivity contribution < 1.29 is 23.8 Å². The SMILES string of the molecule is CCOC(=O)CCCOc1ccc(C[C@@H](C)NC(=O)OCC23CC4CC(CC(C4)C2)C3)cc1.Cl.NC1=NCCCN1. The number of alkyl carbamates (subject to hydrolysis) is 1. The van der Waals surface area contributed by atoms with Gasteiger partial charge >= 0.3 is 12.1 Å². The number of amides is 1. The highest BCUT2D eigenvalue weighted by Gasteiger charge is 2.51. The smallest absolute Gasteiger partial charge is 0.407 e. The summed E-state index contributed by atoms with van der Waals surface area (Å²) in [6.07, 6.45) is 10.5. The van der Waals surface area contributed by atoms with Crippen LogP contribution in [0, 0.1) is 23.2 Å². The second-order valence-electron chi connectivity index (χ2n) is 12.2. The number of rotatable bonds is 11. The fourth-order valence-electron chi connectivity index (χ4n) is 7.25. The molecule has 9 nitrogen and oxygen atoms in total. The fourth-order valence-corrected chi connectivity index (χ4v) is 7.25. The van der Waals surface area contributed by atoms with Crippen LogP contribution in [0.2, 0.25) is 0 Å². The van der Waals surface area contributed by atoms with E-state index in [2.05, 4.69) is 15.6 Å². The third-order valence-corrected chi connectivity index (χ3v) is 8.53. The Labute approximate surface area is 251 Å². The van der Waals surface area contributed by atoms with Crippen molar-refractivity contribution in [2.75, 3.05) is 32.9 Å². The highest BCUT2D eigenvalue weighted by atomic mass is 35.5. The Morgan fingerprint density at radius 3 is 2.29 bits per heavy atom. The number of ether oxygens (including phenoxy) is 3. The van der Waals surface area contributed by atoms with Gasteiger partial charge in [-0.15, -0.1) is 12.4 Å². The van der Waals surface area contributed by atoms with Crippen LogP contribution in [0.15, 0.2) is 29.3 Å². The number of guanidine groups is 1. The minimum atomic E-state index is -0.292. The molecule has 4 fully saturated rings. The molecule has 0 aromatic heterocycles. The minimum absolute atomic E-state index is 0. The molecule has 1 heterocycles.